The summed E-state index contributed by atoms with van der Waals surface area (Å²) in [6.07, 6.45) is 22.1. The van der Waals surface area contributed by atoms with Crippen molar-refractivity contribution in [3.63, 3.8) is 0 Å². The van der Waals surface area contributed by atoms with Crippen LogP contribution in [-0.4, -0.2) is 7.11 Å². The predicted octanol–water partition coefficient (Wildman–Crippen LogP) is 8.21. The minimum Gasteiger partial charge on any atom is -0.497 e. The maximum Gasteiger partial charge on any atom is 0.118 e. The Morgan fingerprint density at radius 2 is 1.29 bits per heavy atom. The van der Waals surface area contributed by atoms with Crippen LogP contribution in [0.2, 0.25) is 0 Å². The number of hydrogen-bond donors (Lipinski definition) is 0. The maximum atomic E-state index is 5.27. The van der Waals surface area contributed by atoms with Gasteiger partial charge in [-0.25, -0.2) is 0 Å². The Morgan fingerprint density at radius 3 is 1.82 bits per heavy atom. The summed E-state index contributed by atoms with van der Waals surface area (Å²) >= 11 is 0. The summed E-state index contributed by atoms with van der Waals surface area (Å²) in [5, 5.41) is 0. The molecule has 0 atom stereocenters. The van der Waals surface area contributed by atoms with Crippen LogP contribution in [0.5, 0.6) is 5.75 Å². The van der Waals surface area contributed by atoms with Gasteiger partial charge in [0.25, 0.3) is 0 Å². The van der Waals surface area contributed by atoms with Gasteiger partial charge < -0.3 is 4.74 Å². The van der Waals surface area contributed by atoms with E-state index in [0.29, 0.717) is 0 Å². The Morgan fingerprint density at radius 1 is 0.714 bits per heavy atom. The summed E-state index contributed by atoms with van der Waals surface area (Å²) in [5.41, 5.74) is 1.47. The Bertz CT molecular complexity index is 518. The highest BCUT2D eigenvalue weighted by Gasteiger charge is 2.30. The number of aryl methyl sites for hydroxylation is 1. The first-order valence-electron chi connectivity index (χ1n) is 12.4. The molecule has 0 bridgehead atoms. The lowest BCUT2D eigenvalue weighted by Crippen LogP contribution is -2.26. The molecule has 0 aromatic heterocycles. The van der Waals surface area contributed by atoms with Gasteiger partial charge in [0.15, 0.2) is 0 Å². The van der Waals surface area contributed by atoms with Gasteiger partial charge in [-0.3, -0.25) is 0 Å². The van der Waals surface area contributed by atoms with Crippen LogP contribution in [0, 0.1) is 23.7 Å². The van der Waals surface area contributed by atoms with Gasteiger partial charge in [-0.1, -0.05) is 76.8 Å². The van der Waals surface area contributed by atoms with E-state index in [9.17, 15) is 0 Å². The summed E-state index contributed by atoms with van der Waals surface area (Å²) in [4.78, 5) is 0. The fourth-order valence-electron chi connectivity index (χ4n) is 5.92. The third kappa shape index (κ3) is 6.82. The molecule has 2 fully saturated rings. The number of methoxy groups -OCH3 is 1. The summed E-state index contributed by atoms with van der Waals surface area (Å²) in [5.74, 6) is 5.12. The number of ether oxygens (including phenoxy) is 1. The normalized spacial score (nSPS) is 28.2. The van der Waals surface area contributed by atoms with Crippen LogP contribution in [0.1, 0.15) is 102 Å². The molecule has 2 saturated carbocycles. The predicted molar refractivity (Wildman–Crippen MR) is 121 cm³/mol. The van der Waals surface area contributed by atoms with Gasteiger partial charge in [0.2, 0.25) is 0 Å². The molecule has 1 aromatic carbocycles. The Hall–Kier alpha value is -0.980. The van der Waals surface area contributed by atoms with Crippen molar-refractivity contribution in [1.82, 2.24) is 0 Å². The quantitative estimate of drug-likeness (QED) is 0.369. The largest absolute Gasteiger partial charge is 0.497 e. The SMILES string of the molecule is CCCCCCC1CCC(C2CCC(CCc3ccc(OC)cc3)CC2)CC1. The van der Waals surface area contributed by atoms with E-state index in [4.69, 9.17) is 4.74 Å². The number of rotatable bonds is 10. The van der Waals surface area contributed by atoms with Crippen LogP contribution >= 0.6 is 0 Å². The molecule has 0 heterocycles. The molecule has 0 spiro atoms. The number of hydrogen-bond acceptors (Lipinski definition) is 1. The third-order valence-corrected chi connectivity index (χ3v) is 7.92. The fourth-order valence-corrected chi connectivity index (χ4v) is 5.92. The Labute approximate surface area is 174 Å². The van der Waals surface area contributed by atoms with E-state index in [1.807, 2.05) is 0 Å². The molecule has 0 radical (unpaired) electrons. The molecule has 158 valence electrons. The van der Waals surface area contributed by atoms with Crippen molar-refractivity contribution in [2.45, 2.75) is 103 Å². The van der Waals surface area contributed by atoms with E-state index in [1.165, 1.54) is 89.0 Å². The summed E-state index contributed by atoms with van der Waals surface area (Å²) in [7, 11) is 1.74. The van der Waals surface area contributed by atoms with E-state index in [0.717, 1.165) is 29.4 Å². The zero-order chi connectivity index (χ0) is 19.6. The third-order valence-electron chi connectivity index (χ3n) is 7.92. The van der Waals surface area contributed by atoms with Crippen LogP contribution in [0.3, 0.4) is 0 Å². The molecular weight excluding hydrogens is 340 g/mol. The molecule has 0 unspecified atom stereocenters. The maximum absolute atomic E-state index is 5.27. The molecule has 3 rings (SSSR count). The zero-order valence-corrected chi connectivity index (χ0v) is 18.6. The lowest BCUT2D eigenvalue weighted by Gasteiger charge is -2.38. The molecule has 1 nitrogen and oxygen atoms in total. The first kappa shape index (κ1) is 21.7. The van der Waals surface area contributed by atoms with Crippen LogP contribution < -0.4 is 4.74 Å². The number of benzene rings is 1. The first-order valence-corrected chi connectivity index (χ1v) is 12.4. The van der Waals surface area contributed by atoms with Crippen molar-refractivity contribution in [1.29, 1.82) is 0 Å². The van der Waals surface area contributed by atoms with E-state index >= 15 is 0 Å². The van der Waals surface area contributed by atoms with Crippen molar-refractivity contribution in [2.24, 2.45) is 23.7 Å². The second-order valence-corrected chi connectivity index (χ2v) is 9.80. The molecule has 1 aromatic rings. The van der Waals surface area contributed by atoms with Gasteiger partial charge in [0.05, 0.1) is 7.11 Å². The summed E-state index contributed by atoms with van der Waals surface area (Å²) in [6, 6.07) is 8.69. The van der Waals surface area contributed by atoms with E-state index in [2.05, 4.69) is 31.2 Å². The fraction of sp³-hybridized carbons (Fsp3) is 0.778. The zero-order valence-electron chi connectivity index (χ0n) is 18.6. The molecule has 0 aliphatic heterocycles. The summed E-state index contributed by atoms with van der Waals surface area (Å²) < 4.78 is 5.27. The average molecular weight is 385 g/mol. The van der Waals surface area contributed by atoms with Gasteiger partial charge in [-0.2, -0.15) is 0 Å². The van der Waals surface area contributed by atoms with Crippen molar-refractivity contribution in [3.8, 4) is 5.75 Å². The van der Waals surface area contributed by atoms with Crippen molar-refractivity contribution < 1.29 is 4.74 Å². The first-order chi connectivity index (χ1) is 13.8. The molecule has 28 heavy (non-hydrogen) atoms. The van der Waals surface area contributed by atoms with Gasteiger partial charge in [-0.15, -0.1) is 0 Å². The molecule has 0 amide bonds. The second kappa shape index (κ2) is 11.9. The van der Waals surface area contributed by atoms with Crippen molar-refractivity contribution in [2.75, 3.05) is 7.11 Å². The highest BCUT2D eigenvalue weighted by atomic mass is 16.5. The molecule has 2 aliphatic carbocycles. The molecule has 2 aliphatic rings. The highest BCUT2D eigenvalue weighted by molar-refractivity contribution is 5.27. The van der Waals surface area contributed by atoms with Gasteiger partial charge in [0.1, 0.15) is 5.75 Å². The minimum atomic E-state index is 0.966. The summed E-state index contributed by atoms with van der Waals surface area (Å²) in [6.45, 7) is 2.32. The smallest absolute Gasteiger partial charge is 0.118 e. The Kier molecular flexibility index (Phi) is 9.22. The standard InChI is InChI=1S/C27H44O/c1-3-4-5-6-7-22-10-16-25(17-11-22)26-18-12-23(13-19-26)8-9-24-14-20-27(28-2)21-15-24/h14-15,20-23,25-26H,3-13,16-19H2,1-2H3. The average Bonchev–Trinajstić information content (AvgIpc) is 2.76. The van der Waals surface area contributed by atoms with Gasteiger partial charge in [0, 0.05) is 0 Å². The molecule has 0 saturated heterocycles. The van der Waals surface area contributed by atoms with E-state index in [-0.39, 0.29) is 0 Å². The van der Waals surface area contributed by atoms with Crippen LogP contribution in [0.15, 0.2) is 24.3 Å². The van der Waals surface area contributed by atoms with Gasteiger partial charge >= 0.3 is 0 Å². The second-order valence-electron chi connectivity index (χ2n) is 9.80. The van der Waals surface area contributed by atoms with Crippen LogP contribution in [0.4, 0.5) is 0 Å². The van der Waals surface area contributed by atoms with E-state index < -0.39 is 0 Å². The van der Waals surface area contributed by atoms with Crippen molar-refractivity contribution in [3.05, 3.63) is 29.8 Å². The van der Waals surface area contributed by atoms with E-state index in [1.54, 1.807) is 20.0 Å². The van der Waals surface area contributed by atoms with Gasteiger partial charge in [-0.05, 0) is 79.9 Å². The molecule has 1 heteroatoms. The molecular formula is C27H44O. The highest BCUT2D eigenvalue weighted by Crippen LogP contribution is 2.43. The van der Waals surface area contributed by atoms with Crippen molar-refractivity contribution >= 4 is 0 Å². The topological polar surface area (TPSA) is 9.23 Å². The lowest BCUT2D eigenvalue weighted by atomic mass is 9.68. The Balaban J connectivity index is 1.30. The van der Waals surface area contributed by atoms with Crippen LogP contribution in [-0.2, 0) is 6.42 Å². The minimum absolute atomic E-state index is 0.966. The number of unbranched alkanes of at least 4 members (excludes halogenated alkanes) is 3. The lowest BCUT2D eigenvalue weighted by molar-refractivity contribution is 0.140. The monoisotopic (exact) mass is 384 g/mol. The molecule has 0 N–H and O–H groups in total. The van der Waals surface area contributed by atoms with Crippen LogP contribution in [0.25, 0.3) is 0 Å².